The van der Waals surface area contributed by atoms with Crippen molar-refractivity contribution in [2.45, 2.75) is 58.9 Å². The molecule has 0 heterocycles. The topological polar surface area (TPSA) is 21.3 Å². The third kappa shape index (κ3) is 10.2. The van der Waals surface area contributed by atoms with E-state index in [1.165, 1.54) is 32.1 Å². The number of hydrogen-bond acceptors (Lipinski definition) is 2. The summed E-state index contributed by atoms with van der Waals surface area (Å²) in [7, 11) is 1.78. The Morgan fingerprint density at radius 1 is 1.20 bits per heavy atom. The smallest absolute Gasteiger partial charge is 0.0462 e. The fourth-order valence-corrected chi connectivity index (χ4v) is 1.93. The molecule has 15 heavy (non-hydrogen) atoms. The predicted molar refractivity (Wildman–Crippen MR) is 67.3 cm³/mol. The molecule has 0 saturated carbocycles. The molecule has 0 amide bonds. The van der Waals surface area contributed by atoms with Gasteiger partial charge >= 0.3 is 0 Å². The molecule has 0 bridgehead atoms. The van der Waals surface area contributed by atoms with Crippen molar-refractivity contribution in [1.82, 2.24) is 5.32 Å². The van der Waals surface area contributed by atoms with E-state index in [9.17, 15) is 0 Å². The largest absolute Gasteiger partial charge is 0.385 e. The summed E-state index contributed by atoms with van der Waals surface area (Å²) in [5.41, 5.74) is 0. The molecule has 0 aliphatic heterocycles. The Hall–Kier alpha value is -0.0800. The number of unbranched alkanes of at least 4 members (excludes halogenated alkanes) is 1. The average Bonchev–Trinajstić information content (AvgIpc) is 2.21. The highest BCUT2D eigenvalue weighted by Gasteiger charge is 2.07. The maximum atomic E-state index is 5.05. The van der Waals surface area contributed by atoms with Crippen molar-refractivity contribution >= 4 is 0 Å². The van der Waals surface area contributed by atoms with Crippen LogP contribution in [0, 0.1) is 5.92 Å². The molecule has 2 atom stereocenters. The van der Waals surface area contributed by atoms with Crippen molar-refractivity contribution in [3.8, 4) is 0 Å². The van der Waals surface area contributed by atoms with Crippen LogP contribution in [0.4, 0.5) is 0 Å². The van der Waals surface area contributed by atoms with E-state index >= 15 is 0 Å². The van der Waals surface area contributed by atoms with E-state index in [0.717, 1.165) is 19.1 Å². The maximum Gasteiger partial charge on any atom is 0.0462 e. The summed E-state index contributed by atoms with van der Waals surface area (Å²) in [5, 5.41) is 3.54. The maximum absolute atomic E-state index is 5.05. The second kappa shape index (κ2) is 10.4. The van der Waals surface area contributed by atoms with Gasteiger partial charge in [-0.15, -0.1) is 0 Å². The third-order valence-corrected chi connectivity index (χ3v) is 2.79. The normalized spacial score (nSPS) is 15.2. The highest BCUT2D eigenvalue weighted by atomic mass is 16.5. The Balaban J connectivity index is 3.33. The molecule has 92 valence electrons. The Morgan fingerprint density at radius 3 is 2.53 bits per heavy atom. The van der Waals surface area contributed by atoms with Crippen molar-refractivity contribution in [1.29, 1.82) is 0 Å². The number of ether oxygens (including phenoxy) is 1. The fraction of sp³-hybridized carbons (Fsp3) is 1.00. The zero-order chi connectivity index (χ0) is 11.5. The van der Waals surface area contributed by atoms with Gasteiger partial charge in [0.2, 0.25) is 0 Å². The molecule has 0 aromatic rings. The molecule has 0 aliphatic carbocycles. The zero-order valence-electron chi connectivity index (χ0n) is 11.0. The molecule has 2 unspecified atom stereocenters. The van der Waals surface area contributed by atoms with Crippen LogP contribution in [0.2, 0.25) is 0 Å². The van der Waals surface area contributed by atoms with Gasteiger partial charge in [-0.2, -0.15) is 0 Å². The van der Waals surface area contributed by atoms with Gasteiger partial charge in [-0.3, -0.25) is 0 Å². The number of rotatable bonds is 10. The van der Waals surface area contributed by atoms with E-state index < -0.39 is 0 Å². The standard InChI is InChI=1S/C13H29NO/c1-5-9-14-13(3)11-12(2)8-6-7-10-15-4/h12-14H,5-11H2,1-4H3. The summed E-state index contributed by atoms with van der Waals surface area (Å²) < 4.78 is 5.05. The molecule has 2 heteroatoms. The monoisotopic (exact) mass is 215 g/mol. The van der Waals surface area contributed by atoms with Crippen LogP contribution < -0.4 is 5.32 Å². The van der Waals surface area contributed by atoms with Crippen LogP contribution >= 0.6 is 0 Å². The van der Waals surface area contributed by atoms with Gasteiger partial charge in [0, 0.05) is 19.8 Å². The Bertz CT molecular complexity index is 128. The van der Waals surface area contributed by atoms with Crippen molar-refractivity contribution < 1.29 is 4.74 Å². The first-order valence-electron chi connectivity index (χ1n) is 6.43. The fourth-order valence-electron chi connectivity index (χ4n) is 1.93. The predicted octanol–water partition coefficient (Wildman–Crippen LogP) is 3.22. The second-order valence-electron chi connectivity index (χ2n) is 4.68. The first kappa shape index (κ1) is 14.9. The van der Waals surface area contributed by atoms with Gasteiger partial charge in [0.05, 0.1) is 0 Å². The zero-order valence-corrected chi connectivity index (χ0v) is 11.0. The van der Waals surface area contributed by atoms with Crippen molar-refractivity contribution in [2.24, 2.45) is 5.92 Å². The lowest BCUT2D eigenvalue weighted by molar-refractivity contribution is 0.190. The molecule has 0 radical (unpaired) electrons. The Morgan fingerprint density at radius 2 is 1.93 bits per heavy atom. The van der Waals surface area contributed by atoms with Gasteiger partial charge in [-0.1, -0.05) is 26.7 Å². The molecule has 0 rings (SSSR count). The summed E-state index contributed by atoms with van der Waals surface area (Å²) in [6, 6.07) is 0.669. The SMILES string of the molecule is CCCNC(C)CC(C)CCCCOC. The Kier molecular flexibility index (Phi) is 10.4. The second-order valence-corrected chi connectivity index (χ2v) is 4.68. The van der Waals surface area contributed by atoms with Gasteiger partial charge in [-0.05, 0) is 38.6 Å². The van der Waals surface area contributed by atoms with Gasteiger partial charge in [0.1, 0.15) is 0 Å². The van der Waals surface area contributed by atoms with E-state index in [1.807, 2.05) is 0 Å². The summed E-state index contributed by atoms with van der Waals surface area (Å²) in [4.78, 5) is 0. The highest BCUT2D eigenvalue weighted by molar-refractivity contribution is 4.65. The summed E-state index contributed by atoms with van der Waals surface area (Å²) in [5.74, 6) is 0.834. The van der Waals surface area contributed by atoms with E-state index in [0.29, 0.717) is 6.04 Å². The van der Waals surface area contributed by atoms with Crippen LogP contribution in [0.1, 0.15) is 52.9 Å². The molecule has 0 saturated heterocycles. The van der Waals surface area contributed by atoms with Gasteiger partial charge in [-0.25, -0.2) is 0 Å². The summed E-state index contributed by atoms with van der Waals surface area (Å²) in [6.45, 7) is 8.93. The van der Waals surface area contributed by atoms with E-state index in [4.69, 9.17) is 4.74 Å². The lowest BCUT2D eigenvalue weighted by atomic mass is 9.97. The lowest BCUT2D eigenvalue weighted by Crippen LogP contribution is -2.28. The van der Waals surface area contributed by atoms with Crippen LogP contribution in [0.25, 0.3) is 0 Å². The van der Waals surface area contributed by atoms with Gasteiger partial charge < -0.3 is 10.1 Å². The average molecular weight is 215 g/mol. The molecular formula is C13H29NO. The number of methoxy groups -OCH3 is 1. The van der Waals surface area contributed by atoms with Crippen LogP contribution in [0.15, 0.2) is 0 Å². The summed E-state index contributed by atoms with van der Waals surface area (Å²) >= 11 is 0. The molecule has 0 spiro atoms. The minimum Gasteiger partial charge on any atom is -0.385 e. The van der Waals surface area contributed by atoms with E-state index in [1.54, 1.807) is 7.11 Å². The molecule has 0 aliphatic rings. The molecule has 0 aromatic carbocycles. The van der Waals surface area contributed by atoms with Crippen molar-refractivity contribution in [3.63, 3.8) is 0 Å². The quantitative estimate of drug-likeness (QED) is 0.565. The first-order valence-corrected chi connectivity index (χ1v) is 6.43. The first-order chi connectivity index (χ1) is 7.20. The number of nitrogens with one attached hydrogen (secondary N) is 1. The highest BCUT2D eigenvalue weighted by Crippen LogP contribution is 2.14. The van der Waals surface area contributed by atoms with Crippen LogP contribution in [-0.2, 0) is 4.74 Å². The molecule has 2 nitrogen and oxygen atoms in total. The molecule has 0 aromatic heterocycles. The molecular weight excluding hydrogens is 186 g/mol. The van der Waals surface area contributed by atoms with Crippen molar-refractivity contribution in [2.75, 3.05) is 20.3 Å². The summed E-state index contributed by atoms with van der Waals surface area (Å²) in [6.07, 6.45) is 6.37. The van der Waals surface area contributed by atoms with Gasteiger partial charge in [0.15, 0.2) is 0 Å². The molecule has 0 fully saturated rings. The number of hydrogen-bond donors (Lipinski definition) is 1. The minimum atomic E-state index is 0.669. The van der Waals surface area contributed by atoms with E-state index in [-0.39, 0.29) is 0 Å². The van der Waals surface area contributed by atoms with Crippen LogP contribution in [-0.4, -0.2) is 26.3 Å². The van der Waals surface area contributed by atoms with E-state index in [2.05, 4.69) is 26.1 Å². The van der Waals surface area contributed by atoms with Crippen LogP contribution in [0.5, 0.6) is 0 Å². The third-order valence-electron chi connectivity index (χ3n) is 2.79. The van der Waals surface area contributed by atoms with Gasteiger partial charge in [0.25, 0.3) is 0 Å². The minimum absolute atomic E-state index is 0.669. The lowest BCUT2D eigenvalue weighted by Gasteiger charge is -2.18. The van der Waals surface area contributed by atoms with Crippen LogP contribution in [0.3, 0.4) is 0 Å². The molecule has 1 N–H and O–H groups in total. The van der Waals surface area contributed by atoms with Crippen molar-refractivity contribution in [3.05, 3.63) is 0 Å². The Labute approximate surface area is 95.8 Å².